The number of nitrogens with one attached hydrogen (secondary N) is 4. The molecule has 3 aromatic carbocycles. The summed E-state index contributed by atoms with van der Waals surface area (Å²) in [4.78, 5) is 24.5. The first kappa shape index (κ1) is 18.8. The Morgan fingerprint density at radius 2 is 1.30 bits per heavy atom. The van der Waals surface area contributed by atoms with Gasteiger partial charge in [-0.05, 0) is 65.9 Å². The van der Waals surface area contributed by atoms with E-state index in [4.69, 9.17) is 0 Å². The number of amides is 3. The molecule has 0 aliphatic heterocycles. The van der Waals surface area contributed by atoms with Crippen molar-refractivity contribution in [2.45, 2.75) is 0 Å². The average molecular weight is 399 g/mol. The molecule has 30 heavy (non-hydrogen) atoms. The van der Waals surface area contributed by atoms with Gasteiger partial charge >= 0.3 is 6.03 Å². The molecule has 1 aromatic heterocycles. The Balaban J connectivity index is 1.34. The first-order valence-electron chi connectivity index (χ1n) is 9.06. The van der Waals surface area contributed by atoms with Crippen LogP contribution in [0.15, 0.2) is 78.9 Å². The van der Waals surface area contributed by atoms with E-state index in [0.717, 1.165) is 5.56 Å². The highest BCUT2D eigenvalue weighted by Gasteiger charge is 2.08. The second-order valence-corrected chi connectivity index (χ2v) is 6.29. The summed E-state index contributed by atoms with van der Waals surface area (Å²) in [7, 11) is 0. The van der Waals surface area contributed by atoms with Gasteiger partial charge in [0.25, 0.3) is 5.91 Å². The van der Waals surface area contributed by atoms with E-state index in [1.54, 1.807) is 60.7 Å². The molecule has 4 aromatic rings. The second kappa shape index (κ2) is 8.65. The number of rotatable bonds is 5. The van der Waals surface area contributed by atoms with Gasteiger partial charge in [-0.3, -0.25) is 4.79 Å². The van der Waals surface area contributed by atoms with Crippen LogP contribution < -0.4 is 16.0 Å². The van der Waals surface area contributed by atoms with Crippen LogP contribution >= 0.6 is 0 Å². The molecule has 4 rings (SSSR count). The number of aromatic amines is 1. The van der Waals surface area contributed by atoms with Gasteiger partial charge in [0.15, 0.2) is 0 Å². The Morgan fingerprint density at radius 1 is 0.700 bits per heavy atom. The molecule has 0 bridgehead atoms. The molecule has 148 valence electrons. The predicted octanol–water partition coefficient (Wildman–Crippen LogP) is 3.76. The summed E-state index contributed by atoms with van der Waals surface area (Å²) in [5.74, 6) is 0.217. The van der Waals surface area contributed by atoms with Crippen molar-refractivity contribution >= 4 is 29.0 Å². The van der Waals surface area contributed by atoms with E-state index in [1.165, 1.54) is 0 Å². The van der Waals surface area contributed by atoms with Crippen molar-refractivity contribution in [1.29, 1.82) is 0 Å². The van der Waals surface area contributed by atoms with Crippen LogP contribution in [0.2, 0.25) is 0 Å². The normalized spacial score (nSPS) is 10.3. The van der Waals surface area contributed by atoms with Gasteiger partial charge in [-0.25, -0.2) is 4.79 Å². The Labute approximate surface area is 171 Å². The quantitative estimate of drug-likeness (QED) is 0.407. The number of benzene rings is 3. The molecule has 0 fully saturated rings. The third-order valence-corrected chi connectivity index (χ3v) is 4.18. The molecule has 0 aliphatic carbocycles. The van der Waals surface area contributed by atoms with Gasteiger partial charge in [0.05, 0.1) is 0 Å². The summed E-state index contributed by atoms with van der Waals surface area (Å²) in [6, 6.07) is 22.5. The van der Waals surface area contributed by atoms with Gasteiger partial charge in [-0.1, -0.05) is 18.2 Å². The number of carbonyl (C=O) groups excluding carboxylic acids is 2. The predicted molar refractivity (Wildman–Crippen MR) is 113 cm³/mol. The molecule has 1 heterocycles. The summed E-state index contributed by atoms with van der Waals surface area (Å²) in [6.45, 7) is 0. The van der Waals surface area contributed by atoms with E-state index in [1.807, 2.05) is 18.2 Å². The van der Waals surface area contributed by atoms with Crippen molar-refractivity contribution in [2.24, 2.45) is 0 Å². The van der Waals surface area contributed by atoms with Crippen LogP contribution in [-0.4, -0.2) is 32.6 Å². The molecule has 0 spiro atoms. The maximum Gasteiger partial charge on any atom is 0.323 e. The van der Waals surface area contributed by atoms with Gasteiger partial charge < -0.3 is 16.0 Å². The van der Waals surface area contributed by atoms with Crippen LogP contribution in [0.3, 0.4) is 0 Å². The van der Waals surface area contributed by atoms with Gasteiger partial charge in [0.1, 0.15) is 0 Å². The van der Waals surface area contributed by atoms with Crippen molar-refractivity contribution in [3.63, 3.8) is 0 Å². The fourth-order valence-electron chi connectivity index (χ4n) is 2.71. The first-order chi connectivity index (χ1) is 14.7. The number of hydrogen-bond acceptors (Lipinski definition) is 5. The summed E-state index contributed by atoms with van der Waals surface area (Å²) >= 11 is 0. The summed E-state index contributed by atoms with van der Waals surface area (Å²) < 4.78 is 0. The van der Waals surface area contributed by atoms with Crippen LogP contribution in [0.25, 0.3) is 11.4 Å². The maximum atomic E-state index is 12.5. The number of para-hydroxylation sites is 1. The monoisotopic (exact) mass is 399 g/mol. The SMILES string of the molecule is O=C(Nc1ccccc1)Nc1ccc(C(=O)Nc2ccc(-c3nn[nH]n3)cc2)cc1. The van der Waals surface area contributed by atoms with Gasteiger partial charge in [-0.2, -0.15) is 5.21 Å². The zero-order valence-electron chi connectivity index (χ0n) is 15.7. The fourth-order valence-corrected chi connectivity index (χ4v) is 2.71. The molecule has 0 radical (unpaired) electrons. The molecule has 9 heteroatoms. The number of H-pyrrole nitrogens is 1. The summed E-state index contributed by atoms with van der Waals surface area (Å²) in [5, 5.41) is 22.0. The lowest BCUT2D eigenvalue weighted by molar-refractivity contribution is 0.102. The molecular weight excluding hydrogens is 382 g/mol. The molecule has 3 amide bonds. The van der Waals surface area contributed by atoms with Crippen molar-refractivity contribution < 1.29 is 9.59 Å². The molecule has 0 saturated carbocycles. The third-order valence-electron chi connectivity index (χ3n) is 4.18. The molecule has 9 nitrogen and oxygen atoms in total. The minimum absolute atomic E-state index is 0.261. The van der Waals surface area contributed by atoms with Gasteiger partial charge in [-0.15, -0.1) is 10.2 Å². The third kappa shape index (κ3) is 4.65. The molecule has 0 saturated heterocycles. The topological polar surface area (TPSA) is 125 Å². The van der Waals surface area contributed by atoms with Crippen LogP contribution in [0.1, 0.15) is 10.4 Å². The number of urea groups is 1. The Kier molecular flexibility index (Phi) is 5.43. The largest absolute Gasteiger partial charge is 0.323 e. The number of aromatic nitrogens is 4. The zero-order valence-corrected chi connectivity index (χ0v) is 15.7. The highest BCUT2D eigenvalue weighted by molar-refractivity contribution is 6.05. The van der Waals surface area contributed by atoms with Gasteiger partial charge in [0.2, 0.25) is 5.82 Å². The van der Waals surface area contributed by atoms with E-state index in [9.17, 15) is 9.59 Å². The van der Waals surface area contributed by atoms with Crippen LogP contribution in [0, 0.1) is 0 Å². The molecule has 0 unspecified atom stereocenters. The maximum absolute atomic E-state index is 12.5. The minimum Gasteiger partial charge on any atom is -0.322 e. The second-order valence-electron chi connectivity index (χ2n) is 6.29. The van der Waals surface area contributed by atoms with E-state index in [-0.39, 0.29) is 11.9 Å². The van der Waals surface area contributed by atoms with E-state index in [2.05, 4.69) is 36.6 Å². The lowest BCUT2D eigenvalue weighted by Gasteiger charge is -2.09. The van der Waals surface area contributed by atoms with Crippen molar-refractivity contribution in [3.8, 4) is 11.4 Å². The fraction of sp³-hybridized carbons (Fsp3) is 0. The Morgan fingerprint density at radius 3 is 1.93 bits per heavy atom. The molecule has 0 atom stereocenters. The number of nitrogens with zero attached hydrogens (tertiary/aromatic N) is 3. The van der Waals surface area contributed by atoms with Crippen LogP contribution in [0.4, 0.5) is 21.9 Å². The summed E-state index contributed by atoms with van der Waals surface area (Å²) in [5.41, 5.74) is 3.15. The average Bonchev–Trinajstić information content (AvgIpc) is 3.30. The van der Waals surface area contributed by atoms with Crippen LogP contribution in [-0.2, 0) is 0 Å². The van der Waals surface area contributed by atoms with E-state index < -0.39 is 0 Å². The number of tetrazole rings is 1. The highest BCUT2D eigenvalue weighted by Crippen LogP contribution is 2.18. The lowest BCUT2D eigenvalue weighted by Crippen LogP contribution is -2.19. The van der Waals surface area contributed by atoms with Crippen LogP contribution in [0.5, 0.6) is 0 Å². The number of hydrogen-bond donors (Lipinski definition) is 4. The zero-order chi connectivity index (χ0) is 20.8. The van der Waals surface area contributed by atoms with Crippen molar-refractivity contribution in [1.82, 2.24) is 20.6 Å². The molecule has 0 aliphatic rings. The smallest absolute Gasteiger partial charge is 0.322 e. The Bertz CT molecular complexity index is 1130. The van der Waals surface area contributed by atoms with Gasteiger partial charge in [0, 0.05) is 28.2 Å². The molecule has 4 N–H and O–H groups in total. The standard InChI is InChI=1S/C21H17N7O2/c29-20(22-17-10-6-14(7-11-17)19-25-27-28-26-19)15-8-12-18(13-9-15)24-21(30)23-16-4-2-1-3-5-16/h1-13H,(H,22,29)(H2,23,24,30)(H,25,26,27,28). The van der Waals surface area contributed by atoms with Crippen molar-refractivity contribution in [2.75, 3.05) is 16.0 Å². The molecular formula is C21H17N7O2. The minimum atomic E-state index is -0.361. The highest BCUT2D eigenvalue weighted by atomic mass is 16.2. The van der Waals surface area contributed by atoms with E-state index >= 15 is 0 Å². The number of anilines is 3. The first-order valence-corrected chi connectivity index (χ1v) is 9.06. The van der Waals surface area contributed by atoms with E-state index in [0.29, 0.717) is 28.5 Å². The Hall–Kier alpha value is -4.53. The lowest BCUT2D eigenvalue weighted by atomic mass is 10.1. The van der Waals surface area contributed by atoms with Crippen molar-refractivity contribution in [3.05, 3.63) is 84.4 Å². The number of carbonyl (C=O) groups is 2. The summed E-state index contributed by atoms with van der Waals surface area (Å²) in [6.07, 6.45) is 0.